The number of rotatable bonds is 7. The Labute approximate surface area is 200 Å². The number of fused-ring (bicyclic) bond motifs is 1. The predicted octanol–water partition coefficient (Wildman–Crippen LogP) is 3.38. The van der Waals surface area contributed by atoms with Crippen molar-refractivity contribution in [1.29, 1.82) is 0 Å². The molecular weight excluding hydrogens is 468 g/mol. The van der Waals surface area contributed by atoms with Crippen LogP contribution in [-0.4, -0.2) is 55.3 Å². The van der Waals surface area contributed by atoms with Crippen LogP contribution in [0.5, 0.6) is 5.75 Å². The summed E-state index contributed by atoms with van der Waals surface area (Å²) in [5.41, 5.74) is 1.36. The molecule has 1 heterocycles. The number of halogens is 3. The van der Waals surface area contributed by atoms with Crippen molar-refractivity contribution in [3.8, 4) is 16.9 Å². The van der Waals surface area contributed by atoms with Crippen LogP contribution in [0.25, 0.3) is 11.1 Å². The van der Waals surface area contributed by atoms with Gasteiger partial charge in [-0.25, -0.2) is 13.6 Å². The number of carbonyl (C=O) groups is 2. The lowest BCUT2D eigenvalue weighted by Gasteiger charge is -2.46. The number of hydrogen-bond acceptors (Lipinski definition) is 5. The molecule has 0 radical (unpaired) electrons. The fourth-order valence-corrected chi connectivity index (χ4v) is 4.95. The molecule has 1 saturated heterocycles. The van der Waals surface area contributed by atoms with E-state index in [1.165, 1.54) is 12.1 Å². The molecule has 1 aliphatic carbocycles. The van der Waals surface area contributed by atoms with Gasteiger partial charge in [0.2, 0.25) is 5.91 Å². The van der Waals surface area contributed by atoms with Crippen LogP contribution in [0.3, 0.4) is 0 Å². The van der Waals surface area contributed by atoms with Gasteiger partial charge < -0.3 is 15.2 Å². The molecule has 6 atom stereocenters. The number of carboxylic acids is 1. The molecule has 4 N–H and O–H groups in total. The van der Waals surface area contributed by atoms with Crippen molar-refractivity contribution in [1.82, 2.24) is 16.0 Å². The molecule has 6 unspecified atom stereocenters. The highest BCUT2D eigenvalue weighted by Gasteiger charge is 2.51. The van der Waals surface area contributed by atoms with E-state index in [1.807, 2.05) is 0 Å². The molecule has 0 bridgehead atoms. The van der Waals surface area contributed by atoms with Crippen molar-refractivity contribution in [2.75, 3.05) is 13.7 Å². The smallest absolute Gasteiger partial charge is 0.335 e. The van der Waals surface area contributed by atoms with E-state index in [4.69, 9.17) is 16.3 Å². The largest absolute Gasteiger partial charge is 0.493 e. The number of amides is 1. The molecular formula is C24H26ClF2N3O4. The Hall–Kier alpha value is -2.75. The van der Waals surface area contributed by atoms with Crippen molar-refractivity contribution in [2.24, 2.45) is 11.8 Å². The summed E-state index contributed by atoms with van der Waals surface area (Å²) < 4.78 is 35.0. The molecule has 34 heavy (non-hydrogen) atoms. The van der Waals surface area contributed by atoms with E-state index in [-0.39, 0.29) is 24.5 Å². The summed E-state index contributed by atoms with van der Waals surface area (Å²) in [7, 11) is 1.61. The van der Waals surface area contributed by atoms with Gasteiger partial charge in [0.1, 0.15) is 24.4 Å². The van der Waals surface area contributed by atoms with Gasteiger partial charge in [0.15, 0.2) is 0 Å². The third-order valence-electron chi connectivity index (χ3n) is 6.46. The Morgan fingerprint density at radius 1 is 1.26 bits per heavy atom. The molecule has 0 aromatic heterocycles. The van der Waals surface area contributed by atoms with Crippen LogP contribution >= 0.6 is 11.6 Å². The normalized spacial score (nSPS) is 28.6. The maximum absolute atomic E-state index is 14.6. The zero-order chi connectivity index (χ0) is 24.4. The van der Waals surface area contributed by atoms with E-state index in [1.54, 1.807) is 37.4 Å². The SMILES string of the molecule is CNC1NC(=O)C2C(CCOc3ccc(Cl)cc3-c3cccc(C(=O)O)c3)CC(F)C(F)C2N1. The van der Waals surface area contributed by atoms with Gasteiger partial charge >= 0.3 is 5.97 Å². The maximum Gasteiger partial charge on any atom is 0.335 e. The first kappa shape index (κ1) is 24.4. The number of ether oxygens (including phenoxy) is 1. The lowest BCUT2D eigenvalue weighted by atomic mass is 9.71. The van der Waals surface area contributed by atoms with Crippen LogP contribution in [0.1, 0.15) is 23.2 Å². The second-order valence-electron chi connectivity index (χ2n) is 8.57. The Morgan fingerprint density at radius 3 is 2.79 bits per heavy atom. The van der Waals surface area contributed by atoms with Crippen molar-refractivity contribution < 1.29 is 28.2 Å². The molecule has 1 saturated carbocycles. The van der Waals surface area contributed by atoms with Gasteiger partial charge in [0, 0.05) is 10.6 Å². The highest BCUT2D eigenvalue weighted by molar-refractivity contribution is 6.31. The number of alkyl halides is 2. The summed E-state index contributed by atoms with van der Waals surface area (Å²) in [6, 6.07) is 10.5. The van der Waals surface area contributed by atoms with Gasteiger partial charge in [0.05, 0.1) is 24.1 Å². The van der Waals surface area contributed by atoms with Gasteiger partial charge in [-0.2, -0.15) is 0 Å². The Morgan fingerprint density at radius 2 is 2.06 bits per heavy atom. The van der Waals surface area contributed by atoms with Crippen molar-refractivity contribution >= 4 is 23.5 Å². The first-order valence-electron chi connectivity index (χ1n) is 11.1. The Kier molecular flexibility index (Phi) is 7.35. The maximum atomic E-state index is 14.6. The summed E-state index contributed by atoms with van der Waals surface area (Å²) in [6.45, 7) is 0.160. The third kappa shape index (κ3) is 5.01. The van der Waals surface area contributed by atoms with Crippen LogP contribution in [0.15, 0.2) is 42.5 Å². The highest BCUT2D eigenvalue weighted by Crippen LogP contribution is 2.39. The quantitative estimate of drug-likeness (QED) is 0.472. The van der Waals surface area contributed by atoms with Gasteiger partial charge in [-0.15, -0.1) is 0 Å². The molecule has 10 heteroatoms. The topological polar surface area (TPSA) is 99.7 Å². The van der Waals surface area contributed by atoms with Gasteiger partial charge in [-0.3, -0.25) is 15.4 Å². The minimum Gasteiger partial charge on any atom is -0.493 e. The highest BCUT2D eigenvalue weighted by atomic mass is 35.5. The van der Waals surface area contributed by atoms with Gasteiger partial charge in [0.25, 0.3) is 0 Å². The van der Waals surface area contributed by atoms with Crippen molar-refractivity contribution in [2.45, 2.75) is 37.5 Å². The second-order valence-corrected chi connectivity index (χ2v) is 9.00. The summed E-state index contributed by atoms with van der Waals surface area (Å²) in [6.07, 6.45) is -3.79. The van der Waals surface area contributed by atoms with E-state index in [0.717, 1.165) is 0 Å². The minimum absolute atomic E-state index is 0.0703. The third-order valence-corrected chi connectivity index (χ3v) is 6.69. The minimum atomic E-state index is -1.77. The van der Waals surface area contributed by atoms with Crippen LogP contribution in [0, 0.1) is 11.8 Å². The molecule has 2 aromatic rings. The average Bonchev–Trinajstić information content (AvgIpc) is 2.82. The predicted molar refractivity (Wildman–Crippen MR) is 123 cm³/mol. The summed E-state index contributed by atoms with van der Waals surface area (Å²) in [5.74, 6) is -2.03. The first-order valence-corrected chi connectivity index (χ1v) is 11.4. The average molecular weight is 494 g/mol. The number of aromatic carboxylic acids is 1. The van der Waals surface area contributed by atoms with Crippen LogP contribution < -0.4 is 20.7 Å². The standard InChI is InChI=1S/C24H26ClF2N3O4/c1-28-24-29-21-19(22(31)30-24)13(10-17(26)20(21)27)7-8-34-18-6-5-15(25)11-16(18)12-3-2-4-14(9-12)23(32)33/h2-6,9,11,13,17,19-21,24,28-29H,7-8,10H2,1H3,(H,30,31)(H,32,33). The number of hydrogen-bond donors (Lipinski definition) is 4. The van der Waals surface area contributed by atoms with E-state index < -0.39 is 42.5 Å². The van der Waals surface area contributed by atoms with E-state index in [0.29, 0.717) is 28.3 Å². The number of carboxylic acid groups (broad SMARTS) is 1. The van der Waals surface area contributed by atoms with Gasteiger partial charge in [-0.05, 0) is 61.7 Å². The molecule has 1 aliphatic heterocycles. The zero-order valence-corrected chi connectivity index (χ0v) is 19.2. The lowest BCUT2D eigenvalue weighted by Crippen LogP contribution is -2.71. The zero-order valence-electron chi connectivity index (χ0n) is 18.4. The summed E-state index contributed by atoms with van der Waals surface area (Å²) in [4.78, 5) is 24.0. The Bertz CT molecular complexity index is 1070. The van der Waals surface area contributed by atoms with Crippen molar-refractivity contribution in [3.05, 3.63) is 53.1 Å². The molecule has 182 valence electrons. The van der Waals surface area contributed by atoms with Crippen LogP contribution in [-0.2, 0) is 4.79 Å². The molecule has 7 nitrogen and oxygen atoms in total. The van der Waals surface area contributed by atoms with E-state index in [2.05, 4.69) is 16.0 Å². The fourth-order valence-electron chi connectivity index (χ4n) is 4.77. The molecule has 0 spiro atoms. The molecule has 2 aliphatic rings. The van der Waals surface area contributed by atoms with Crippen LogP contribution in [0.4, 0.5) is 8.78 Å². The number of benzene rings is 2. The van der Waals surface area contributed by atoms with Gasteiger partial charge in [-0.1, -0.05) is 23.7 Å². The second kappa shape index (κ2) is 10.2. The summed E-state index contributed by atoms with van der Waals surface area (Å²) >= 11 is 6.17. The molecule has 2 fully saturated rings. The summed E-state index contributed by atoms with van der Waals surface area (Å²) in [5, 5.41) is 18.2. The first-order chi connectivity index (χ1) is 16.3. The Balaban J connectivity index is 1.50. The van der Waals surface area contributed by atoms with E-state index >= 15 is 0 Å². The molecule has 4 rings (SSSR count). The fraction of sp³-hybridized carbons (Fsp3) is 0.417. The lowest BCUT2D eigenvalue weighted by molar-refractivity contribution is -0.138. The monoisotopic (exact) mass is 493 g/mol. The number of nitrogens with one attached hydrogen (secondary N) is 3. The molecule has 1 amide bonds. The van der Waals surface area contributed by atoms with Crippen LogP contribution in [0.2, 0.25) is 5.02 Å². The molecule has 2 aromatic carbocycles. The van der Waals surface area contributed by atoms with E-state index in [9.17, 15) is 23.5 Å². The number of carbonyl (C=O) groups excluding carboxylic acids is 1. The van der Waals surface area contributed by atoms with Crippen molar-refractivity contribution in [3.63, 3.8) is 0 Å².